The summed E-state index contributed by atoms with van der Waals surface area (Å²) in [4.78, 5) is 0.0714. The summed E-state index contributed by atoms with van der Waals surface area (Å²) >= 11 is 0. The summed E-state index contributed by atoms with van der Waals surface area (Å²) in [5, 5.41) is 0. The van der Waals surface area contributed by atoms with Crippen LogP contribution in [0.4, 0.5) is 0 Å². The van der Waals surface area contributed by atoms with E-state index in [1.54, 1.807) is 6.07 Å². The van der Waals surface area contributed by atoms with Gasteiger partial charge in [-0.1, -0.05) is 32.3 Å². The molecule has 0 heterocycles. The Morgan fingerprint density at radius 3 is 2.33 bits per heavy atom. The van der Waals surface area contributed by atoms with Crippen molar-refractivity contribution < 1.29 is 13.0 Å². The van der Waals surface area contributed by atoms with Crippen LogP contribution in [0.2, 0.25) is 0 Å². The first-order valence-corrected chi connectivity index (χ1v) is 7.88. The van der Waals surface area contributed by atoms with Crippen molar-refractivity contribution in [3.8, 4) is 0 Å². The van der Waals surface area contributed by atoms with Crippen molar-refractivity contribution in [2.24, 2.45) is 0 Å². The van der Waals surface area contributed by atoms with Gasteiger partial charge in [0, 0.05) is 0 Å². The topological polar surface area (TPSA) is 54.4 Å². The van der Waals surface area contributed by atoms with Crippen molar-refractivity contribution in [3.63, 3.8) is 0 Å². The van der Waals surface area contributed by atoms with Gasteiger partial charge in [0.1, 0.15) is 0 Å². The van der Waals surface area contributed by atoms with Crippen LogP contribution in [0.5, 0.6) is 0 Å². The Morgan fingerprint density at radius 2 is 1.78 bits per heavy atom. The van der Waals surface area contributed by atoms with E-state index in [0.717, 1.165) is 42.4 Å². The Morgan fingerprint density at radius 1 is 1.11 bits per heavy atom. The van der Waals surface area contributed by atoms with E-state index in [1.165, 1.54) is 6.07 Å². The molecule has 0 unspecified atom stereocenters. The number of benzene rings is 1. The van der Waals surface area contributed by atoms with Gasteiger partial charge in [-0.15, -0.1) is 0 Å². The third-order valence-electron chi connectivity index (χ3n) is 3.38. The summed E-state index contributed by atoms with van der Waals surface area (Å²) in [6, 6.07) is 3.25. The van der Waals surface area contributed by atoms with Gasteiger partial charge in [0.05, 0.1) is 4.90 Å². The molecule has 3 nitrogen and oxygen atoms in total. The minimum absolute atomic E-state index is 0.0714. The first kappa shape index (κ1) is 15.2. The van der Waals surface area contributed by atoms with E-state index in [1.807, 2.05) is 13.8 Å². The van der Waals surface area contributed by atoms with E-state index < -0.39 is 10.1 Å². The SMILES string of the molecule is CCCCCCc1c(S(=O)(=O)O)ccc(C)c1C. The second-order valence-electron chi connectivity index (χ2n) is 4.77. The molecule has 1 aromatic carbocycles. The van der Waals surface area contributed by atoms with Crippen molar-refractivity contribution in [3.05, 3.63) is 28.8 Å². The zero-order chi connectivity index (χ0) is 13.8. The first-order chi connectivity index (χ1) is 8.38. The monoisotopic (exact) mass is 270 g/mol. The minimum Gasteiger partial charge on any atom is -0.282 e. The predicted octanol–water partition coefficient (Wildman–Crippen LogP) is 3.67. The van der Waals surface area contributed by atoms with E-state index in [-0.39, 0.29) is 4.90 Å². The highest BCUT2D eigenvalue weighted by Crippen LogP contribution is 2.24. The fourth-order valence-corrected chi connectivity index (χ4v) is 2.94. The van der Waals surface area contributed by atoms with Crippen molar-refractivity contribution in [1.82, 2.24) is 0 Å². The fraction of sp³-hybridized carbons (Fsp3) is 0.571. The lowest BCUT2D eigenvalue weighted by Gasteiger charge is -2.13. The predicted molar refractivity (Wildman–Crippen MR) is 73.6 cm³/mol. The number of hydrogen-bond acceptors (Lipinski definition) is 2. The normalized spacial score (nSPS) is 11.8. The van der Waals surface area contributed by atoms with Crippen LogP contribution >= 0.6 is 0 Å². The van der Waals surface area contributed by atoms with E-state index in [2.05, 4.69) is 6.92 Å². The molecule has 0 fully saturated rings. The molecule has 102 valence electrons. The third kappa shape index (κ3) is 3.82. The second-order valence-corrected chi connectivity index (χ2v) is 6.16. The Balaban J connectivity index is 3.03. The summed E-state index contributed by atoms with van der Waals surface area (Å²) in [5.41, 5.74) is 2.81. The Kier molecular flexibility index (Phi) is 5.35. The van der Waals surface area contributed by atoms with Gasteiger partial charge < -0.3 is 0 Å². The zero-order valence-corrected chi connectivity index (χ0v) is 12.2. The molecule has 0 bridgehead atoms. The molecule has 18 heavy (non-hydrogen) atoms. The number of aryl methyl sites for hydroxylation is 1. The summed E-state index contributed by atoms with van der Waals surface area (Å²) in [6.07, 6.45) is 5.07. The van der Waals surface area contributed by atoms with Crippen molar-refractivity contribution in [2.75, 3.05) is 0 Å². The fourth-order valence-electron chi connectivity index (χ4n) is 2.13. The maximum atomic E-state index is 11.4. The van der Waals surface area contributed by atoms with Gasteiger partial charge in [0.15, 0.2) is 0 Å². The molecule has 0 aliphatic carbocycles. The summed E-state index contributed by atoms with van der Waals surface area (Å²) in [5.74, 6) is 0. The lowest BCUT2D eigenvalue weighted by atomic mass is 9.98. The van der Waals surface area contributed by atoms with Gasteiger partial charge in [0.25, 0.3) is 10.1 Å². The Bertz CT molecular complexity index is 504. The second kappa shape index (κ2) is 6.34. The van der Waals surface area contributed by atoms with Crippen LogP contribution in [0.25, 0.3) is 0 Å². The molecule has 0 radical (unpaired) electrons. The molecule has 0 saturated heterocycles. The minimum atomic E-state index is -4.12. The van der Waals surface area contributed by atoms with Crippen LogP contribution in [0.15, 0.2) is 17.0 Å². The summed E-state index contributed by atoms with van der Waals surface area (Å²) < 4.78 is 32.0. The van der Waals surface area contributed by atoms with Crippen molar-refractivity contribution >= 4 is 10.1 Å². The highest BCUT2D eigenvalue weighted by molar-refractivity contribution is 7.85. The average molecular weight is 270 g/mol. The molecule has 0 aliphatic heterocycles. The lowest BCUT2D eigenvalue weighted by molar-refractivity contribution is 0.481. The standard InChI is InChI=1S/C14H22O3S/c1-4-5-6-7-8-13-12(3)11(2)9-10-14(13)18(15,16)17/h9-10H,4-8H2,1-3H3,(H,15,16,17). The van der Waals surface area contributed by atoms with Crippen LogP contribution in [0, 0.1) is 13.8 Å². The molecule has 0 spiro atoms. The Labute approximate surface area is 110 Å². The smallest absolute Gasteiger partial charge is 0.282 e. The molecule has 0 amide bonds. The molecule has 0 aromatic heterocycles. The molecule has 0 saturated carbocycles. The maximum absolute atomic E-state index is 11.4. The van der Waals surface area contributed by atoms with Crippen molar-refractivity contribution in [1.29, 1.82) is 0 Å². The first-order valence-electron chi connectivity index (χ1n) is 6.44. The zero-order valence-electron chi connectivity index (χ0n) is 11.4. The third-order valence-corrected chi connectivity index (χ3v) is 4.32. The van der Waals surface area contributed by atoms with Crippen molar-refractivity contribution in [2.45, 2.75) is 57.8 Å². The van der Waals surface area contributed by atoms with Gasteiger partial charge in [-0.3, -0.25) is 4.55 Å². The van der Waals surface area contributed by atoms with Gasteiger partial charge in [0.2, 0.25) is 0 Å². The van der Waals surface area contributed by atoms with E-state index >= 15 is 0 Å². The number of unbranched alkanes of at least 4 members (excludes halogenated alkanes) is 3. The van der Waals surface area contributed by atoms with Crippen LogP contribution in [0.3, 0.4) is 0 Å². The highest BCUT2D eigenvalue weighted by atomic mass is 32.2. The maximum Gasteiger partial charge on any atom is 0.294 e. The molecular formula is C14H22O3S. The van der Waals surface area contributed by atoms with Crippen LogP contribution in [-0.4, -0.2) is 13.0 Å². The van der Waals surface area contributed by atoms with E-state index in [9.17, 15) is 13.0 Å². The van der Waals surface area contributed by atoms with Gasteiger partial charge in [-0.25, -0.2) is 0 Å². The molecule has 1 aromatic rings. The van der Waals surface area contributed by atoms with E-state index in [0.29, 0.717) is 6.42 Å². The largest absolute Gasteiger partial charge is 0.294 e. The molecule has 0 aliphatic rings. The number of rotatable bonds is 6. The van der Waals surface area contributed by atoms with Crippen LogP contribution in [-0.2, 0) is 16.5 Å². The van der Waals surface area contributed by atoms with Gasteiger partial charge >= 0.3 is 0 Å². The highest BCUT2D eigenvalue weighted by Gasteiger charge is 2.17. The molecule has 4 heteroatoms. The van der Waals surface area contributed by atoms with Gasteiger partial charge in [-0.05, 0) is 49.4 Å². The van der Waals surface area contributed by atoms with Crippen LogP contribution in [0.1, 0.15) is 49.3 Å². The van der Waals surface area contributed by atoms with E-state index in [4.69, 9.17) is 0 Å². The summed E-state index contributed by atoms with van der Waals surface area (Å²) in [6.45, 7) is 6.01. The molecular weight excluding hydrogens is 248 g/mol. The quantitative estimate of drug-likeness (QED) is 0.634. The Hall–Kier alpha value is -0.870. The van der Waals surface area contributed by atoms with Gasteiger partial charge in [-0.2, -0.15) is 8.42 Å². The lowest BCUT2D eigenvalue weighted by Crippen LogP contribution is -2.06. The molecule has 0 atom stereocenters. The number of hydrogen-bond donors (Lipinski definition) is 1. The molecule has 1 N–H and O–H groups in total. The average Bonchev–Trinajstić information content (AvgIpc) is 2.28. The molecule has 1 rings (SSSR count). The summed E-state index contributed by atoms with van der Waals surface area (Å²) in [7, 11) is -4.12. The van der Waals surface area contributed by atoms with Crippen LogP contribution < -0.4 is 0 Å².